The molecule has 0 amide bonds. The van der Waals surface area contributed by atoms with E-state index in [-0.39, 0.29) is 0 Å². The highest BCUT2D eigenvalue weighted by Gasteiger charge is 2.09. The first-order valence-electron chi connectivity index (χ1n) is 6.28. The molecule has 94 valence electrons. The van der Waals surface area contributed by atoms with Crippen molar-refractivity contribution in [3.63, 3.8) is 0 Å². The van der Waals surface area contributed by atoms with Gasteiger partial charge in [0.25, 0.3) is 0 Å². The van der Waals surface area contributed by atoms with Crippen molar-refractivity contribution in [2.75, 3.05) is 0 Å². The van der Waals surface area contributed by atoms with Crippen LogP contribution in [0.1, 0.15) is 11.1 Å². The van der Waals surface area contributed by atoms with Gasteiger partial charge in [0.05, 0.1) is 16.2 Å². The van der Waals surface area contributed by atoms with Gasteiger partial charge in [-0.2, -0.15) is 0 Å². The fraction of sp³-hybridized carbons (Fsp3) is 0.118. The van der Waals surface area contributed by atoms with Crippen LogP contribution in [0.15, 0.2) is 48.5 Å². The van der Waals surface area contributed by atoms with Gasteiger partial charge < -0.3 is 0 Å². The predicted molar refractivity (Wildman–Crippen MR) is 81.7 cm³/mol. The average Bonchev–Trinajstić information content (AvgIpc) is 2.44. The lowest BCUT2D eigenvalue weighted by Gasteiger charge is -2.09. The molecule has 0 saturated heterocycles. The Balaban J connectivity index is 2.32. The van der Waals surface area contributed by atoms with Crippen LogP contribution in [-0.4, -0.2) is 4.98 Å². The normalized spacial score (nSPS) is 10.9. The van der Waals surface area contributed by atoms with Crippen molar-refractivity contribution in [2.24, 2.45) is 0 Å². The second-order valence-corrected chi connectivity index (χ2v) is 5.17. The monoisotopic (exact) mass is 267 g/mol. The van der Waals surface area contributed by atoms with Gasteiger partial charge in [-0.05, 0) is 31.0 Å². The zero-order valence-corrected chi connectivity index (χ0v) is 11.7. The van der Waals surface area contributed by atoms with Gasteiger partial charge in [0.2, 0.25) is 0 Å². The molecule has 3 aromatic rings. The third kappa shape index (κ3) is 2.11. The molecule has 3 rings (SSSR count). The molecule has 0 saturated carbocycles. The van der Waals surface area contributed by atoms with E-state index in [9.17, 15) is 0 Å². The smallest absolute Gasteiger partial charge is 0.0756 e. The Kier molecular flexibility index (Phi) is 3.00. The minimum Gasteiger partial charge on any atom is -0.247 e. The lowest BCUT2D eigenvalue weighted by Crippen LogP contribution is -1.91. The Morgan fingerprint density at radius 3 is 2.42 bits per heavy atom. The second-order valence-electron chi connectivity index (χ2n) is 4.76. The number of hydrogen-bond acceptors (Lipinski definition) is 1. The van der Waals surface area contributed by atoms with Crippen LogP contribution >= 0.6 is 11.6 Å². The number of nitrogens with zero attached hydrogens (tertiary/aromatic N) is 1. The molecule has 1 aromatic heterocycles. The molecule has 0 radical (unpaired) electrons. The number of rotatable bonds is 1. The van der Waals surface area contributed by atoms with E-state index >= 15 is 0 Å². The molecule has 0 aliphatic heterocycles. The van der Waals surface area contributed by atoms with E-state index in [4.69, 9.17) is 16.6 Å². The third-order valence-electron chi connectivity index (χ3n) is 3.52. The standard InChI is InChI=1S/C17H14ClN/c1-11-8-9-14-15(18)10-16(19-17(14)12(11)2)13-6-4-3-5-7-13/h3-10H,1-2H3. The molecule has 1 heterocycles. The molecular weight excluding hydrogens is 254 g/mol. The Morgan fingerprint density at radius 2 is 1.68 bits per heavy atom. The molecule has 19 heavy (non-hydrogen) atoms. The molecule has 2 heteroatoms. The van der Waals surface area contributed by atoms with Gasteiger partial charge >= 0.3 is 0 Å². The fourth-order valence-corrected chi connectivity index (χ4v) is 2.50. The highest BCUT2D eigenvalue weighted by atomic mass is 35.5. The zero-order chi connectivity index (χ0) is 13.4. The van der Waals surface area contributed by atoms with Crippen molar-refractivity contribution in [1.82, 2.24) is 4.98 Å². The number of pyridine rings is 1. The predicted octanol–water partition coefficient (Wildman–Crippen LogP) is 5.17. The van der Waals surface area contributed by atoms with Gasteiger partial charge in [-0.25, -0.2) is 4.98 Å². The maximum absolute atomic E-state index is 6.40. The van der Waals surface area contributed by atoms with Crippen molar-refractivity contribution in [1.29, 1.82) is 0 Å². The van der Waals surface area contributed by atoms with Crippen molar-refractivity contribution in [2.45, 2.75) is 13.8 Å². The van der Waals surface area contributed by atoms with E-state index in [2.05, 4.69) is 32.0 Å². The maximum Gasteiger partial charge on any atom is 0.0756 e. The maximum atomic E-state index is 6.40. The quantitative estimate of drug-likeness (QED) is 0.593. The zero-order valence-electron chi connectivity index (χ0n) is 10.9. The van der Waals surface area contributed by atoms with Gasteiger partial charge in [0, 0.05) is 10.9 Å². The number of halogens is 1. The van der Waals surface area contributed by atoms with Crippen LogP contribution in [0, 0.1) is 13.8 Å². The summed E-state index contributed by atoms with van der Waals surface area (Å²) in [4.78, 5) is 4.78. The lowest BCUT2D eigenvalue weighted by molar-refractivity contribution is 1.31. The van der Waals surface area contributed by atoms with E-state index in [0.717, 1.165) is 27.2 Å². The average molecular weight is 268 g/mol. The van der Waals surface area contributed by atoms with Crippen LogP contribution in [-0.2, 0) is 0 Å². The summed E-state index contributed by atoms with van der Waals surface area (Å²) in [6, 6.07) is 16.2. The Morgan fingerprint density at radius 1 is 0.947 bits per heavy atom. The van der Waals surface area contributed by atoms with Crippen LogP contribution < -0.4 is 0 Å². The van der Waals surface area contributed by atoms with Crippen molar-refractivity contribution in [3.8, 4) is 11.3 Å². The molecule has 0 bridgehead atoms. The molecule has 0 atom stereocenters. The van der Waals surface area contributed by atoms with E-state index in [1.165, 1.54) is 11.1 Å². The summed E-state index contributed by atoms with van der Waals surface area (Å²) in [7, 11) is 0. The van der Waals surface area contributed by atoms with E-state index < -0.39 is 0 Å². The summed E-state index contributed by atoms with van der Waals surface area (Å²) in [6.45, 7) is 4.19. The van der Waals surface area contributed by atoms with Gasteiger partial charge in [-0.15, -0.1) is 0 Å². The Hall–Kier alpha value is -1.86. The fourth-order valence-electron chi connectivity index (χ4n) is 2.25. The topological polar surface area (TPSA) is 12.9 Å². The molecular formula is C17H14ClN. The van der Waals surface area contributed by atoms with Gasteiger partial charge in [0.1, 0.15) is 0 Å². The van der Waals surface area contributed by atoms with Crippen LogP contribution in [0.4, 0.5) is 0 Å². The van der Waals surface area contributed by atoms with Crippen LogP contribution in [0.3, 0.4) is 0 Å². The third-order valence-corrected chi connectivity index (χ3v) is 3.84. The Labute approximate surface area is 117 Å². The molecule has 2 aromatic carbocycles. The SMILES string of the molecule is Cc1ccc2c(Cl)cc(-c3ccccc3)nc2c1C. The molecule has 0 aliphatic carbocycles. The second kappa shape index (κ2) is 4.67. The Bertz CT molecular complexity index is 748. The molecule has 0 spiro atoms. The minimum absolute atomic E-state index is 0.756. The molecule has 0 unspecified atom stereocenters. The number of benzene rings is 2. The van der Waals surface area contributed by atoms with Crippen LogP contribution in [0.5, 0.6) is 0 Å². The number of aromatic nitrogens is 1. The largest absolute Gasteiger partial charge is 0.247 e. The van der Waals surface area contributed by atoms with Gasteiger partial charge in [0.15, 0.2) is 0 Å². The van der Waals surface area contributed by atoms with Gasteiger partial charge in [-0.3, -0.25) is 0 Å². The summed E-state index contributed by atoms with van der Waals surface area (Å²) in [5.74, 6) is 0. The summed E-state index contributed by atoms with van der Waals surface area (Å²) in [5.41, 5.74) is 5.43. The van der Waals surface area contributed by atoms with Crippen LogP contribution in [0.2, 0.25) is 5.02 Å². The van der Waals surface area contributed by atoms with Crippen molar-refractivity contribution < 1.29 is 0 Å². The van der Waals surface area contributed by atoms with Gasteiger partial charge in [-0.1, -0.05) is 54.1 Å². The van der Waals surface area contributed by atoms with Crippen molar-refractivity contribution >= 4 is 22.5 Å². The summed E-state index contributed by atoms with van der Waals surface area (Å²) in [6.07, 6.45) is 0. The highest BCUT2D eigenvalue weighted by Crippen LogP contribution is 2.30. The first kappa shape index (κ1) is 12.2. The summed E-state index contributed by atoms with van der Waals surface area (Å²) < 4.78 is 0. The van der Waals surface area contributed by atoms with Crippen LogP contribution in [0.25, 0.3) is 22.2 Å². The number of aryl methyl sites for hydroxylation is 2. The van der Waals surface area contributed by atoms with E-state index in [1.807, 2.05) is 30.3 Å². The number of hydrogen-bond donors (Lipinski definition) is 0. The lowest BCUT2D eigenvalue weighted by atomic mass is 10.0. The minimum atomic E-state index is 0.756. The molecule has 0 aliphatic rings. The first-order valence-corrected chi connectivity index (χ1v) is 6.66. The molecule has 0 N–H and O–H groups in total. The van der Waals surface area contributed by atoms with E-state index in [0.29, 0.717) is 0 Å². The number of fused-ring (bicyclic) bond motifs is 1. The highest BCUT2D eigenvalue weighted by molar-refractivity contribution is 6.35. The summed E-state index contributed by atoms with van der Waals surface area (Å²) >= 11 is 6.40. The summed E-state index contributed by atoms with van der Waals surface area (Å²) in [5, 5.41) is 1.77. The molecule has 1 nitrogen and oxygen atoms in total. The van der Waals surface area contributed by atoms with Crippen molar-refractivity contribution in [3.05, 3.63) is 64.7 Å². The molecule has 0 fully saturated rings. The van der Waals surface area contributed by atoms with E-state index in [1.54, 1.807) is 0 Å². The first-order chi connectivity index (χ1) is 9.16.